The molecule has 0 radical (unpaired) electrons. The fraction of sp³-hybridized carbons (Fsp3) is 0.909. The first-order valence-electron chi connectivity index (χ1n) is 5.26. The van der Waals surface area contributed by atoms with Gasteiger partial charge in [0, 0.05) is 6.54 Å². The fourth-order valence-electron chi connectivity index (χ4n) is 1.29. The molecule has 0 amide bonds. The summed E-state index contributed by atoms with van der Waals surface area (Å²) in [5, 5.41) is 12.0. The third-order valence-corrected chi connectivity index (χ3v) is 2.13. The van der Waals surface area contributed by atoms with Gasteiger partial charge in [0.2, 0.25) is 0 Å². The molecule has 0 heterocycles. The average Bonchev–Trinajstić information content (AvgIpc) is 1.95. The summed E-state index contributed by atoms with van der Waals surface area (Å²) in [6.07, 6.45) is 1.37. The fourth-order valence-corrected chi connectivity index (χ4v) is 1.29. The molecule has 0 saturated heterocycles. The van der Waals surface area contributed by atoms with Gasteiger partial charge in [-0.3, -0.25) is 4.79 Å². The smallest absolute Gasteiger partial charge is 0.303 e. The van der Waals surface area contributed by atoms with Crippen molar-refractivity contribution >= 4 is 5.97 Å². The molecule has 0 aliphatic carbocycles. The van der Waals surface area contributed by atoms with Crippen LogP contribution < -0.4 is 5.32 Å². The van der Waals surface area contributed by atoms with Crippen LogP contribution in [-0.2, 0) is 4.79 Å². The Morgan fingerprint density at radius 2 is 2.00 bits per heavy atom. The zero-order valence-electron chi connectivity index (χ0n) is 9.76. The van der Waals surface area contributed by atoms with E-state index in [-0.39, 0.29) is 11.8 Å². The largest absolute Gasteiger partial charge is 0.481 e. The number of carbonyl (C=O) groups is 1. The van der Waals surface area contributed by atoms with Crippen LogP contribution >= 0.6 is 0 Å². The van der Waals surface area contributed by atoms with E-state index >= 15 is 0 Å². The van der Waals surface area contributed by atoms with Crippen molar-refractivity contribution in [2.45, 2.75) is 40.5 Å². The predicted molar refractivity (Wildman–Crippen MR) is 58.4 cm³/mol. The van der Waals surface area contributed by atoms with Gasteiger partial charge in [-0.1, -0.05) is 27.7 Å². The first kappa shape index (κ1) is 13.4. The lowest BCUT2D eigenvalue weighted by molar-refractivity contribution is -0.139. The van der Waals surface area contributed by atoms with Crippen LogP contribution in [0.1, 0.15) is 40.5 Å². The highest BCUT2D eigenvalue weighted by atomic mass is 16.4. The Morgan fingerprint density at radius 3 is 2.43 bits per heavy atom. The minimum Gasteiger partial charge on any atom is -0.481 e. The number of rotatable bonds is 7. The van der Waals surface area contributed by atoms with E-state index in [0.29, 0.717) is 5.92 Å². The molecule has 3 heteroatoms. The van der Waals surface area contributed by atoms with Gasteiger partial charge in [-0.15, -0.1) is 0 Å². The Bertz CT molecular complexity index is 176. The SMILES string of the molecule is CC(C)CCNCC(C)(C)CC(=O)O. The van der Waals surface area contributed by atoms with Crippen molar-refractivity contribution in [2.24, 2.45) is 11.3 Å². The van der Waals surface area contributed by atoms with E-state index in [1.807, 2.05) is 13.8 Å². The third-order valence-electron chi connectivity index (χ3n) is 2.13. The Balaban J connectivity index is 3.60. The second kappa shape index (κ2) is 6.02. The standard InChI is InChI=1S/C11H23NO2/c1-9(2)5-6-12-8-11(3,4)7-10(13)14/h9,12H,5-8H2,1-4H3,(H,13,14). The van der Waals surface area contributed by atoms with Gasteiger partial charge in [0.15, 0.2) is 0 Å². The lowest BCUT2D eigenvalue weighted by atomic mass is 9.89. The number of nitrogens with one attached hydrogen (secondary N) is 1. The molecule has 14 heavy (non-hydrogen) atoms. The lowest BCUT2D eigenvalue weighted by Gasteiger charge is -2.23. The summed E-state index contributed by atoms with van der Waals surface area (Å²) in [6, 6.07) is 0. The molecule has 0 bridgehead atoms. The Labute approximate surface area is 86.9 Å². The summed E-state index contributed by atoms with van der Waals surface area (Å²) in [5.74, 6) is -0.0225. The maximum absolute atomic E-state index is 10.5. The topological polar surface area (TPSA) is 49.3 Å². The van der Waals surface area contributed by atoms with Gasteiger partial charge in [-0.05, 0) is 24.3 Å². The molecule has 0 unspecified atom stereocenters. The molecule has 0 aliphatic rings. The predicted octanol–water partition coefficient (Wildman–Crippen LogP) is 2.12. The van der Waals surface area contributed by atoms with Crippen LogP contribution in [0.2, 0.25) is 0 Å². The molecule has 0 aromatic rings. The minimum atomic E-state index is -0.722. The van der Waals surface area contributed by atoms with Crippen LogP contribution in [0.25, 0.3) is 0 Å². The van der Waals surface area contributed by atoms with Gasteiger partial charge in [-0.25, -0.2) is 0 Å². The highest BCUT2D eigenvalue weighted by molar-refractivity contribution is 5.67. The summed E-state index contributed by atoms with van der Waals surface area (Å²) in [5.41, 5.74) is -0.150. The molecule has 2 N–H and O–H groups in total. The van der Waals surface area contributed by atoms with Gasteiger partial charge in [0.25, 0.3) is 0 Å². The summed E-state index contributed by atoms with van der Waals surface area (Å²) in [7, 11) is 0. The van der Waals surface area contributed by atoms with E-state index in [4.69, 9.17) is 5.11 Å². The molecule has 0 aliphatic heterocycles. The van der Waals surface area contributed by atoms with Crippen molar-refractivity contribution in [2.75, 3.05) is 13.1 Å². The molecule has 0 spiro atoms. The number of hydrogen-bond donors (Lipinski definition) is 2. The molecule has 0 aromatic carbocycles. The monoisotopic (exact) mass is 201 g/mol. The van der Waals surface area contributed by atoms with Gasteiger partial charge in [0.1, 0.15) is 0 Å². The van der Waals surface area contributed by atoms with Crippen molar-refractivity contribution in [3.05, 3.63) is 0 Å². The molecule has 0 fully saturated rings. The van der Waals surface area contributed by atoms with Gasteiger partial charge in [0.05, 0.1) is 6.42 Å². The van der Waals surface area contributed by atoms with Gasteiger partial charge < -0.3 is 10.4 Å². The molecular weight excluding hydrogens is 178 g/mol. The maximum Gasteiger partial charge on any atom is 0.303 e. The molecule has 0 aromatic heterocycles. The third kappa shape index (κ3) is 8.05. The van der Waals surface area contributed by atoms with E-state index in [0.717, 1.165) is 19.5 Å². The maximum atomic E-state index is 10.5. The van der Waals surface area contributed by atoms with Crippen molar-refractivity contribution in [1.82, 2.24) is 5.32 Å². The minimum absolute atomic E-state index is 0.150. The van der Waals surface area contributed by atoms with Crippen LogP contribution in [0.5, 0.6) is 0 Å². The van der Waals surface area contributed by atoms with Crippen LogP contribution in [0.4, 0.5) is 0 Å². The van der Waals surface area contributed by atoms with E-state index < -0.39 is 5.97 Å². The van der Waals surface area contributed by atoms with E-state index in [1.54, 1.807) is 0 Å². The van der Waals surface area contributed by atoms with Gasteiger partial charge in [-0.2, -0.15) is 0 Å². The Kier molecular flexibility index (Phi) is 5.77. The first-order chi connectivity index (χ1) is 6.33. The number of hydrogen-bond acceptors (Lipinski definition) is 2. The van der Waals surface area contributed by atoms with Crippen molar-refractivity contribution < 1.29 is 9.90 Å². The molecule has 0 rings (SSSR count). The quantitative estimate of drug-likeness (QED) is 0.620. The molecule has 0 saturated carbocycles. The zero-order chi connectivity index (χ0) is 11.2. The van der Waals surface area contributed by atoms with Crippen LogP contribution in [0, 0.1) is 11.3 Å². The van der Waals surface area contributed by atoms with Crippen LogP contribution in [0.15, 0.2) is 0 Å². The summed E-state index contributed by atoms with van der Waals surface area (Å²) in [6.45, 7) is 10.1. The van der Waals surface area contributed by atoms with Crippen molar-refractivity contribution in [3.8, 4) is 0 Å². The zero-order valence-corrected chi connectivity index (χ0v) is 9.76. The number of carboxylic acid groups (broad SMARTS) is 1. The highest BCUT2D eigenvalue weighted by Gasteiger charge is 2.20. The Hall–Kier alpha value is -0.570. The second-order valence-electron chi connectivity index (χ2n) is 5.09. The van der Waals surface area contributed by atoms with E-state index in [2.05, 4.69) is 19.2 Å². The molecular formula is C11H23NO2. The summed E-state index contributed by atoms with van der Waals surface area (Å²) < 4.78 is 0. The average molecular weight is 201 g/mol. The summed E-state index contributed by atoms with van der Waals surface area (Å²) >= 11 is 0. The molecule has 3 nitrogen and oxygen atoms in total. The normalized spacial score (nSPS) is 12.1. The van der Waals surface area contributed by atoms with Crippen molar-refractivity contribution in [3.63, 3.8) is 0 Å². The number of carboxylic acids is 1. The summed E-state index contributed by atoms with van der Waals surface area (Å²) in [4.78, 5) is 10.5. The Morgan fingerprint density at radius 1 is 1.43 bits per heavy atom. The van der Waals surface area contributed by atoms with Crippen molar-refractivity contribution in [1.29, 1.82) is 0 Å². The number of aliphatic carboxylic acids is 1. The molecule has 0 atom stereocenters. The first-order valence-corrected chi connectivity index (χ1v) is 5.26. The van der Waals surface area contributed by atoms with Crippen LogP contribution in [-0.4, -0.2) is 24.2 Å². The highest BCUT2D eigenvalue weighted by Crippen LogP contribution is 2.18. The van der Waals surface area contributed by atoms with E-state index in [9.17, 15) is 4.79 Å². The van der Waals surface area contributed by atoms with Crippen LogP contribution in [0.3, 0.4) is 0 Å². The van der Waals surface area contributed by atoms with E-state index in [1.165, 1.54) is 0 Å². The second-order valence-corrected chi connectivity index (χ2v) is 5.09. The van der Waals surface area contributed by atoms with Gasteiger partial charge >= 0.3 is 5.97 Å². The molecule has 84 valence electrons. The lowest BCUT2D eigenvalue weighted by Crippen LogP contribution is -2.32.